The maximum Gasteiger partial charge on any atom is 0.498 e. The van der Waals surface area contributed by atoms with Gasteiger partial charge in [-0.05, 0) is 126 Å². The monoisotopic (exact) mass is 1440 g/mol. The smallest absolute Gasteiger partial charge is 0.457 e. The molecule has 526 valence electrons. The van der Waals surface area contributed by atoms with Gasteiger partial charge in [-0.1, -0.05) is 285 Å². The molecule has 110 heavy (non-hydrogen) atoms. The van der Waals surface area contributed by atoms with Crippen molar-refractivity contribution in [2.24, 2.45) is 0 Å². The lowest BCUT2D eigenvalue weighted by molar-refractivity contribution is 0.00578. The molecule has 16 aromatic rings. The van der Waals surface area contributed by atoms with Gasteiger partial charge in [-0.2, -0.15) is 9.97 Å². The van der Waals surface area contributed by atoms with Crippen molar-refractivity contribution >= 4 is 24.2 Å². The van der Waals surface area contributed by atoms with E-state index in [0.717, 1.165) is 101 Å². The molecule has 12 nitrogen and oxygen atoms in total. The van der Waals surface area contributed by atoms with Crippen LogP contribution in [0.4, 0.5) is 0 Å². The Morgan fingerprint density at radius 2 is 0.582 bits per heavy atom. The van der Waals surface area contributed by atoms with E-state index in [1.165, 1.54) is 44.5 Å². The van der Waals surface area contributed by atoms with E-state index in [4.69, 9.17) is 45.3 Å². The molecule has 2 spiro atoms. The molecule has 7 heterocycles. The Kier molecular flexibility index (Phi) is 16.7. The van der Waals surface area contributed by atoms with Gasteiger partial charge < -0.3 is 18.8 Å². The number of benzene rings is 12. The first-order valence-corrected chi connectivity index (χ1v) is 37.2. The molecule has 0 N–H and O–H groups in total. The molecule has 3 aliphatic heterocycles. The number of para-hydroxylation sites is 4. The van der Waals surface area contributed by atoms with E-state index >= 15 is 0 Å². The molecule has 0 saturated carbocycles. The molecule has 0 atom stereocenters. The van der Waals surface area contributed by atoms with Crippen LogP contribution in [0.1, 0.15) is 72.2 Å². The first-order chi connectivity index (χ1) is 53.9. The highest BCUT2D eigenvalue weighted by molar-refractivity contribution is 6.63. The van der Waals surface area contributed by atoms with E-state index < -0.39 is 29.2 Å². The fraction of sp³-hybridized carbons (Fsp3) is 0.0833. The summed E-state index contributed by atoms with van der Waals surface area (Å²) in [7, 11) is -0.510. The summed E-state index contributed by atoms with van der Waals surface area (Å²) in [6, 6.07) is 112. The zero-order valence-electron chi connectivity index (χ0n) is 60.5. The van der Waals surface area contributed by atoms with Crippen molar-refractivity contribution in [3.63, 3.8) is 0 Å². The number of ether oxygens (including phenoxy) is 2. The number of hydrogen-bond acceptors (Lipinski definition) is 12. The molecular weight excluding hydrogens is 1380 g/mol. The molecule has 0 amide bonds. The minimum absolute atomic E-state index is 0.178. The first-order valence-electron chi connectivity index (χ1n) is 36.8. The van der Waals surface area contributed by atoms with Crippen molar-refractivity contribution in [3.05, 3.63) is 390 Å². The van der Waals surface area contributed by atoms with Crippen LogP contribution in [0.5, 0.6) is 23.0 Å². The maximum atomic E-state index is 6.93. The SMILES string of the molecule is CC1(C)OB(c2cccc3c2Oc2ccccc2C32c3ccccc3-c3ccccc32)OC1(C)C.Clc1nc(-c2ccccc2)nc(-c2ccc(-c3ccccn3)cc2)n1.c1ccc(-c2nc(-c3ccc(-c4ccccn4)cc3)nc(-c3cccc4c3Oc3ccccc3C43c4ccccc4-c4ccccc43)n2)cc1. The Morgan fingerprint density at radius 1 is 0.264 bits per heavy atom. The lowest BCUT2D eigenvalue weighted by Crippen LogP contribution is -2.41. The van der Waals surface area contributed by atoms with Gasteiger partial charge >= 0.3 is 7.12 Å². The molecular formula is C96H68BClN8O4. The zero-order valence-corrected chi connectivity index (χ0v) is 61.3. The minimum Gasteiger partial charge on any atom is -0.457 e. The van der Waals surface area contributed by atoms with Gasteiger partial charge in [0.15, 0.2) is 29.1 Å². The number of aromatic nitrogens is 8. The summed E-state index contributed by atoms with van der Waals surface area (Å²) in [5, 5.41) is 0.178. The summed E-state index contributed by atoms with van der Waals surface area (Å²) in [6.45, 7) is 8.35. The second kappa shape index (κ2) is 27.3. The Balaban J connectivity index is 0.000000119. The Labute approximate surface area is 643 Å². The molecule has 0 radical (unpaired) electrons. The molecule has 0 unspecified atom stereocenters. The molecule has 21 rings (SSSR count). The topological polar surface area (TPSA) is 140 Å². The fourth-order valence-corrected chi connectivity index (χ4v) is 16.5. The van der Waals surface area contributed by atoms with Gasteiger partial charge in [0.2, 0.25) is 5.28 Å². The Hall–Kier alpha value is -13.2. The summed E-state index contributed by atoms with van der Waals surface area (Å²) < 4.78 is 26.6. The molecule has 14 heteroatoms. The van der Waals surface area contributed by atoms with Crippen molar-refractivity contribution < 1.29 is 18.8 Å². The Morgan fingerprint density at radius 3 is 1.01 bits per heavy atom. The summed E-state index contributed by atoms with van der Waals surface area (Å²) in [5.41, 5.74) is 21.8. The molecule has 1 fully saturated rings. The standard InChI is InChI=1S/C45H28N4O.C31H27BO3.C20H13ClN4/c1-2-13-30(14-3-1)42-47-43(31-26-24-29(25-27-31)39-22-10-11-28-46-39)49-44(48-42)34-17-12-21-38-41(34)50-40-23-9-8-20-37(40)45(38)35-18-6-4-15-32(35)33-16-5-7-19-36(33)45;1-29(2)30(3,4)35-32(34-29)26-18-11-17-25-28(26)33-27-19-10-9-16-24(27)31(25)22-14-7-5-12-20(22)21-13-6-8-15-23(21)31;21-20-24-18(15-6-2-1-3-7-15)23-19(25-20)16-11-9-14(10-12-16)17-8-4-5-13-22-17/h1-28H;5-19H,1-4H3;1-13H. The largest absolute Gasteiger partial charge is 0.498 e. The number of nitrogens with zero attached hydrogens (tertiary/aromatic N) is 8. The molecule has 5 aliphatic rings. The number of hydrogen-bond donors (Lipinski definition) is 0. The quantitative estimate of drug-likeness (QED) is 0.134. The highest BCUT2D eigenvalue weighted by atomic mass is 35.5. The van der Waals surface area contributed by atoms with Gasteiger partial charge in [0, 0.05) is 73.5 Å². The summed E-state index contributed by atoms with van der Waals surface area (Å²) in [5.74, 6) is 6.11. The fourth-order valence-electron chi connectivity index (χ4n) is 16.3. The molecule has 0 bridgehead atoms. The highest BCUT2D eigenvalue weighted by Crippen LogP contribution is 2.64. The van der Waals surface area contributed by atoms with Crippen molar-refractivity contribution in [2.45, 2.75) is 49.7 Å². The molecule has 12 aromatic carbocycles. The van der Waals surface area contributed by atoms with E-state index in [9.17, 15) is 0 Å². The van der Waals surface area contributed by atoms with E-state index in [2.05, 4.69) is 235 Å². The number of pyridine rings is 2. The van der Waals surface area contributed by atoms with Gasteiger partial charge in [0.1, 0.15) is 23.0 Å². The number of fused-ring (bicyclic) bond motifs is 18. The van der Waals surface area contributed by atoms with E-state index in [1.807, 2.05) is 152 Å². The second-order valence-corrected chi connectivity index (χ2v) is 29.1. The van der Waals surface area contributed by atoms with E-state index in [0.29, 0.717) is 29.1 Å². The minimum atomic E-state index is -0.577. The lowest BCUT2D eigenvalue weighted by atomic mass is 9.64. The average molecular weight is 1440 g/mol. The normalized spacial score (nSPS) is 14.6. The lowest BCUT2D eigenvalue weighted by Gasteiger charge is -2.40. The predicted molar refractivity (Wildman–Crippen MR) is 435 cm³/mol. The molecule has 4 aromatic heterocycles. The van der Waals surface area contributed by atoms with Gasteiger partial charge in [0.05, 0.1) is 39.0 Å². The van der Waals surface area contributed by atoms with Crippen molar-refractivity contribution in [1.29, 1.82) is 0 Å². The summed E-state index contributed by atoms with van der Waals surface area (Å²) >= 11 is 6.10. The third-order valence-corrected chi connectivity index (χ3v) is 22.2. The van der Waals surface area contributed by atoms with Gasteiger partial charge in [-0.15, -0.1) is 0 Å². The van der Waals surface area contributed by atoms with E-state index in [1.54, 1.807) is 6.20 Å². The highest BCUT2D eigenvalue weighted by Gasteiger charge is 2.57. The zero-order chi connectivity index (χ0) is 74.1. The van der Waals surface area contributed by atoms with Crippen molar-refractivity contribution in [2.75, 3.05) is 0 Å². The number of halogens is 1. The van der Waals surface area contributed by atoms with E-state index in [-0.39, 0.29) is 5.28 Å². The van der Waals surface area contributed by atoms with Crippen LogP contribution in [-0.2, 0) is 20.1 Å². The van der Waals surface area contributed by atoms with Crippen LogP contribution in [0.3, 0.4) is 0 Å². The van der Waals surface area contributed by atoms with Crippen molar-refractivity contribution in [1.82, 2.24) is 39.9 Å². The van der Waals surface area contributed by atoms with Crippen LogP contribution in [0.2, 0.25) is 5.28 Å². The third kappa shape index (κ3) is 11.3. The summed E-state index contributed by atoms with van der Waals surface area (Å²) in [4.78, 5) is 37.2. The maximum absolute atomic E-state index is 6.93. The van der Waals surface area contributed by atoms with Crippen LogP contribution < -0.4 is 14.9 Å². The van der Waals surface area contributed by atoms with Crippen LogP contribution in [0.15, 0.2) is 340 Å². The van der Waals surface area contributed by atoms with Crippen LogP contribution in [0, 0.1) is 0 Å². The van der Waals surface area contributed by atoms with Gasteiger partial charge in [-0.25, -0.2) is 19.9 Å². The Bertz CT molecular complexity index is 6110. The average Bonchev–Trinajstić information content (AvgIpc) is 1.51. The summed E-state index contributed by atoms with van der Waals surface area (Å²) in [6.07, 6.45) is 3.59. The second-order valence-electron chi connectivity index (χ2n) is 28.7. The van der Waals surface area contributed by atoms with Crippen molar-refractivity contribution in [3.8, 4) is 125 Å². The van der Waals surface area contributed by atoms with Crippen LogP contribution in [0.25, 0.3) is 102 Å². The van der Waals surface area contributed by atoms with Crippen LogP contribution in [-0.4, -0.2) is 58.2 Å². The van der Waals surface area contributed by atoms with Crippen LogP contribution >= 0.6 is 11.6 Å². The predicted octanol–water partition coefficient (Wildman–Crippen LogP) is 21.8. The number of rotatable bonds is 8. The third-order valence-electron chi connectivity index (χ3n) is 22.0. The van der Waals surface area contributed by atoms with Gasteiger partial charge in [-0.3, -0.25) is 9.97 Å². The molecule has 2 aliphatic carbocycles. The molecule has 1 saturated heterocycles. The van der Waals surface area contributed by atoms with Gasteiger partial charge in [0.25, 0.3) is 0 Å². The first kappa shape index (κ1) is 67.4.